The van der Waals surface area contributed by atoms with Gasteiger partial charge in [-0.05, 0) is 55.4 Å². The predicted molar refractivity (Wildman–Crippen MR) is 128 cm³/mol. The zero-order chi connectivity index (χ0) is 24.5. The Balaban J connectivity index is 1.36. The third-order valence-electron chi connectivity index (χ3n) is 6.41. The first kappa shape index (κ1) is 25.2. The van der Waals surface area contributed by atoms with Crippen LogP contribution in [-0.2, 0) is 25.6 Å². The summed E-state index contributed by atoms with van der Waals surface area (Å²) in [4.78, 5) is 26.0. The van der Waals surface area contributed by atoms with Crippen LogP contribution in [0, 0.1) is 0 Å². The summed E-state index contributed by atoms with van der Waals surface area (Å²) in [5.41, 5.74) is 1.98. The zero-order valence-corrected chi connectivity index (χ0v) is 19.8. The van der Waals surface area contributed by atoms with Crippen LogP contribution in [0.1, 0.15) is 59.6 Å². The number of hydrogen-bond donors (Lipinski definition) is 1. The summed E-state index contributed by atoms with van der Waals surface area (Å²) in [6.07, 6.45) is 3.80. The van der Waals surface area contributed by atoms with E-state index in [2.05, 4.69) is 0 Å². The fourth-order valence-corrected chi connectivity index (χ4v) is 4.51. The second-order valence-corrected chi connectivity index (χ2v) is 8.86. The molecule has 2 aliphatic rings. The highest BCUT2D eigenvalue weighted by molar-refractivity contribution is 5.87. The lowest BCUT2D eigenvalue weighted by Crippen LogP contribution is -2.43. The third kappa shape index (κ3) is 7.27. The largest absolute Gasteiger partial charge is 0.478 e. The van der Waals surface area contributed by atoms with Crippen LogP contribution in [0.15, 0.2) is 54.6 Å². The Bertz CT molecular complexity index is 944. The van der Waals surface area contributed by atoms with Gasteiger partial charge in [-0.15, -0.1) is 0 Å². The summed E-state index contributed by atoms with van der Waals surface area (Å²) in [5.74, 6) is -0.984. The molecule has 8 heteroatoms. The second-order valence-electron chi connectivity index (χ2n) is 8.86. The number of carbonyl (C=O) groups is 2. The molecule has 0 radical (unpaired) electrons. The lowest BCUT2D eigenvalue weighted by molar-refractivity contribution is -0.172. The Morgan fingerprint density at radius 2 is 1.74 bits per heavy atom. The van der Waals surface area contributed by atoms with Crippen LogP contribution in [0.25, 0.3) is 0 Å². The van der Waals surface area contributed by atoms with E-state index < -0.39 is 12.1 Å². The normalized spacial score (nSPS) is 22.5. The maximum Gasteiger partial charge on any atom is 0.410 e. The van der Waals surface area contributed by atoms with E-state index in [0.29, 0.717) is 32.6 Å². The molecule has 35 heavy (non-hydrogen) atoms. The second kappa shape index (κ2) is 12.7. The minimum absolute atomic E-state index is 0.0480. The summed E-state index contributed by atoms with van der Waals surface area (Å²) in [5, 5.41) is 9.24. The van der Waals surface area contributed by atoms with Crippen LogP contribution < -0.4 is 0 Å². The first-order chi connectivity index (χ1) is 17.1. The molecule has 4 rings (SSSR count). The van der Waals surface area contributed by atoms with Crippen molar-refractivity contribution in [2.75, 3.05) is 26.4 Å². The highest BCUT2D eigenvalue weighted by Crippen LogP contribution is 2.33. The van der Waals surface area contributed by atoms with Crippen molar-refractivity contribution in [1.29, 1.82) is 0 Å². The smallest absolute Gasteiger partial charge is 0.410 e. The number of likely N-dealkylation sites (tertiary alicyclic amines) is 1. The number of benzene rings is 2. The van der Waals surface area contributed by atoms with Crippen LogP contribution in [-0.4, -0.2) is 60.8 Å². The van der Waals surface area contributed by atoms with Gasteiger partial charge in [0.1, 0.15) is 6.61 Å². The van der Waals surface area contributed by atoms with Crippen molar-refractivity contribution >= 4 is 12.1 Å². The van der Waals surface area contributed by atoms with Gasteiger partial charge in [-0.2, -0.15) is 0 Å². The Morgan fingerprint density at radius 3 is 2.46 bits per heavy atom. The average Bonchev–Trinajstić information content (AvgIpc) is 2.91. The Morgan fingerprint density at radius 1 is 0.971 bits per heavy atom. The molecule has 2 aliphatic heterocycles. The summed E-state index contributed by atoms with van der Waals surface area (Å²) >= 11 is 0. The van der Waals surface area contributed by atoms with Gasteiger partial charge in [-0.1, -0.05) is 42.5 Å². The number of carboxylic acids is 1. The fraction of sp³-hybridized carbons (Fsp3) is 0.481. The predicted octanol–water partition coefficient (Wildman–Crippen LogP) is 4.79. The van der Waals surface area contributed by atoms with Crippen molar-refractivity contribution in [2.24, 2.45) is 0 Å². The molecule has 0 spiro atoms. The molecule has 2 aromatic carbocycles. The first-order valence-corrected chi connectivity index (χ1v) is 12.3. The van der Waals surface area contributed by atoms with Gasteiger partial charge in [0.2, 0.25) is 0 Å². The number of piperidine rings is 1. The molecule has 3 atom stereocenters. The van der Waals surface area contributed by atoms with Gasteiger partial charge in [0.15, 0.2) is 6.29 Å². The highest BCUT2D eigenvalue weighted by Gasteiger charge is 2.34. The molecule has 2 saturated heterocycles. The number of ether oxygens (including phenoxy) is 4. The monoisotopic (exact) mass is 483 g/mol. The van der Waals surface area contributed by atoms with Crippen LogP contribution >= 0.6 is 0 Å². The summed E-state index contributed by atoms with van der Waals surface area (Å²) in [6, 6.07) is 15.9. The summed E-state index contributed by atoms with van der Waals surface area (Å²) < 4.78 is 23.0. The van der Waals surface area contributed by atoms with E-state index in [1.807, 2.05) is 30.3 Å². The molecular weight excluding hydrogens is 450 g/mol. The number of nitrogens with zero attached hydrogens (tertiary/aromatic N) is 1. The number of aromatic carboxylic acids is 1. The first-order valence-electron chi connectivity index (χ1n) is 12.3. The number of carbonyl (C=O) groups excluding carboxylic acids is 1. The van der Waals surface area contributed by atoms with E-state index in [-0.39, 0.29) is 30.6 Å². The maximum atomic E-state index is 13.0. The van der Waals surface area contributed by atoms with Crippen molar-refractivity contribution < 1.29 is 33.6 Å². The molecule has 188 valence electrons. The van der Waals surface area contributed by atoms with Crippen LogP contribution in [0.2, 0.25) is 0 Å². The van der Waals surface area contributed by atoms with E-state index in [1.165, 1.54) is 0 Å². The van der Waals surface area contributed by atoms with Crippen molar-refractivity contribution in [1.82, 2.24) is 4.90 Å². The molecule has 8 nitrogen and oxygen atoms in total. The van der Waals surface area contributed by atoms with E-state index >= 15 is 0 Å². The standard InChI is InChI=1S/C27H33NO7/c29-26(30)22-11-9-21(10-12-22)24-18-23(32-16-17-34-25-8-4-5-15-33-25)13-14-28(24)27(31)35-19-20-6-2-1-3-7-20/h1-3,6-7,9-12,23-25H,4-5,8,13-19H2,(H,29,30)/t23-,24-,25?/m0/s1. The average molecular weight is 484 g/mol. The molecule has 2 aromatic rings. The molecule has 1 unspecified atom stereocenters. The Hall–Kier alpha value is -2.94. The van der Waals surface area contributed by atoms with Gasteiger partial charge in [-0.3, -0.25) is 0 Å². The van der Waals surface area contributed by atoms with Gasteiger partial charge < -0.3 is 29.0 Å². The van der Waals surface area contributed by atoms with Crippen LogP contribution in [0.3, 0.4) is 0 Å². The fourth-order valence-electron chi connectivity index (χ4n) is 4.51. The third-order valence-corrected chi connectivity index (χ3v) is 6.41. The molecule has 0 aliphatic carbocycles. The van der Waals surface area contributed by atoms with Crippen LogP contribution in [0.4, 0.5) is 4.79 Å². The van der Waals surface area contributed by atoms with Crippen molar-refractivity contribution in [2.45, 2.75) is 57.1 Å². The minimum atomic E-state index is -0.984. The molecule has 2 fully saturated rings. The van der Waals surface area contributed by atoms with Crippen molar-refractivity contribution in [3.63, 3.8) is 0 Å². The summed E-state index contributed by atoms with van der Waals surface area (Å²) in [6.45, 7) is 2.33. The molecule has 0 saturated carbocycles. The number of amides is 1. The molecule has 2 heterocycles. The lowest BCUT2D eigenvalue weighted by Gasteiger charge is -2.39. The number of carboxylic acid groups (broad SMARTS) is 1. The molecule has 0 aromatic heterocycles. The van der Waals surface area contributed by atoms with E-state index in [4.69, 9.17) is 18.9 Å². The SMILES string of the molecule is O=C(O)c1ccc([C@@H]2C[C@@H](OCCOC3CCCCO3)CCN2C(=O)OCc2ccccc2)cc1. The Labute approximate surface area is 205 Å². The molecule has 1 N–H and O–H groups in total. The maximum absolute atomic E-state index is 13.0. The molecule has 0 bridgehead atoms. The van der Waals surface area contributed by atoms with Gasteiger partial charge >= 0.3 is 12.1 Å². The minimum Gasteiger partial charge on any atom is -0.478 e. The van der Waals surface area contributed by atoms with Crippen molar-refractivity contribution in [3.05, 3.63) is 71.3 Å². The van der Waals surface area contributed by atoms with Gasteiger partial charge in [0.25, 0.3) is 0 Å². The van der Waals surface area contributed by atoms with Gasteiger partial charge in [-0.25, -0.2) is 9.59 Å². The van der Waals surface area contributed by atoms with Gasteiger partial charge in [0.05, 0.1) is 30.9 Å². The van der Waals surface area contributed by atoms with E-state index in [9.17, 15) is 14.7 Å². The zero-order valence-electron chi connectivity index (χ0n) is 19.8. The van der Waals surface area contributed by atoms with Gasteiger partial charge in [0, 0.05) is 13.2 Å². The Kier molecular flexibility index (Phi) is 9.11. The van der Waals surface area contributed by atoms with Crippen LogP contribution in [0.5, 0.6) is 0 Å². The highest BCUT2D eigenvalue weighted by atomic mass is 16.7. The summed E-state index contributed by atoms with van der Waals surface area (Å²) in [7, 11) is 0. The van der Waals surface area contributed by atoms with E-state index in [1.54, 1.807) is 29.2 Å². The topological polar surface area (TPSA) is 94.5 Å². The quantitative estimate of drug-likeness (QED) is 0.513. The number of hydrogen-bond acceptors (Lipinski definition) is 6. The van der Waals surface area contributed by atoms with E-state index in [0.717, 1.165) is 37.0 Å². The number of rotatable bonds is 9. The molecular formula is C27H33NO7. The van der Waals surface area contributed by atoms with Crippen molar-refractivity contribution in [3.8, 4) is 0 Å². The molecule has 1 amide bonds. The lowest BCUT2D eigenvalue weighted by atomic mass is 9.93.